The summed E-state index contributed by atoms with van der Waals surface area (Å²) < 4.78 is 0. The number of carboxylic acids is 1. The highest BCUT2D eigenvalue weighted by Gasteiger charge is 2.33. The third-order valence-electron chi connectivity index (χ3n) is 2.68. The highest BCUT2D eigenvalue weighted by molar-refractivity contribution is 5.88. The first-order chi connectivity index (χ1) is 9.09. The topological polar surface area (TPSA) is 108 Å². The van der Waals surface area contributed by atoms with Crippen molar-refractivity contribution in [2.45, 2.75) is 53.1 Å². The first kappa shape index (κ1) is 18.2. The molecule has 0 spiro atoms. The molecule has 2 atom stereocenters. The summed E-state index contributed by atoms with van der Waals surface area (Å²) in [6.07, 6.45) is 0.801. The van der Waals surface area contributed by atoms with Crippen molar-refractivity contribution in [2.75, 3.05) is 6.54 Å². The average Bonchev–Trinajstić information content (AvgIpc) is 2.30. The highest BCUT2D eigenvalue weighted by Crippen LogP contribution is 2.19. The molecule has 0 bridgehead atoms. The Hall–Kier alpha value is -1.79. The maximum Gasteiger partial charge on any atom is 0.326 e. The molecule has 0 fully saturated rings. The van der Waals surface area contributed by atoms with Crippen molar-refractivity contribution in [3.8, 4) is 0 Å². The van der Waals surface area contributed by atoms with Gasteiger partial charge >= 0.3 is 12.0 Å². The lowest BCUT2D eigenvalue weighted by Gasteiger charge is -2.28. The van der Waals surface area contributed by atoms with Crippen molar-refractivity contribution in [3.05, 3.63) is 0 Å². The van der Waals surface area contributed by atoms with Crippen molar-refractivity contribution < 1.29 is 19.5 Å². The van der Waals surface area contributed by atoms with E-state index in [1.165, 1.54) is 6.92 Å². The first-order valence-electron chi connectivity index (χ1n) is 6.67. The summed E-state index contributed by atoms with van der Waals surface area (Å²) in [6.45, 7) is 9.13. The molecule has 116 valence electrons. The molecule has 3 amide bonds. The van der Waals surface area contributed by atoms with Crippen LogP contribution in [-0.2, 0) is 9.59 Å². The standard InChI is InChI=1S/C13H25N3O4/c1-6-7-14-10(17)8(2)15-12(20)16-9(11(18)19)13(3,4)5/h8-9H,6-7H2,1-5H3,(H,14,17)(H,18,19)(H2,15,16,20). The average molecular weight is 287 g/mol. The van der Waals surface area contributed by atoms with E-state index < -0.39 is 29.5 Å². The smallest absolute Gasteiger partial charge is 0.326 e. The number of carboxylic acid groups (broad SMARTS) is 1. The monoisotopic (exact) mass is 287 g/mol. The zero-order valence-electron chi connectivity index (χ0n) is 12.7. The van der Waals surface area contributed by atoms with E-state index in [1.54, 1.807) is 20.8 Å². The second kappa shape index (κ2) is 7.72. The van der Waals surface area contributed by atoms with Gasteiger partial charge in [-0.25, -0.2) is 9.59 Å². The molecule has 0 aliphatic rings. The van der Waals surface area contributed by atoms with Gasteiger partial charge in [0.15, 0.2) is 0 Å². The van der Waals surface area contributed by atoms with Gasteiger partial charge in [-0.3, -0.25) is 4.79 Å². The zero-order chi connectivity index (χ0) is 15.9. The van der Waals surface area contributed by atoms with E-state index in [2.05, 4.69) is 16.0 Å². The van der Waals surface area contributed by atoms with E-state index in [4.69, 9.17) is 5.11 Å². The Bertz CT molecular complexity index is 363. The molecule has 0 radical (unpaired) electrons. The van der Waals surface area contributed by atoms with Gasteiger partial charge in [0.05, 0.1) is 0 Å². The van der Waals surface area contributed by atoms with E-state index in [9.17, 15) is 14.4 Å². The largest absolute Gasteiger partial charge is 0.480 e. The van der Waals surface area contributed by atoms with Crippen molar-refractivity contribution in [1.29, 1.82) is 0 Å². The van der Waals surface area contributed by atoms with Crippen LogP contribution in [-0.4, -0.2) is 41.6 Å². The normalized spacial score (nSPS) is 14.1. The fourth-order valence-electron chi connectivity index (χ4n) is 1.48. The van der Waals surface area contributed by atoms with Crippen molar-refractivity contribution in [1.82, 2.24) is 16.0 Å². The van der Waals surface area contributed by atoms with Gasteiger partial charge in [-0.2, -0.15) is 0 Å². The van der Waals surface area contributed by atoms with Gasteiger partial charge in [0.25, 0.3) is 0 Å². The second-order valence-corrected chi connectivity index (χ2v) is 5.77. The summed E-state index contributed by atoms with van der Waals surface area (Å²) in [4.78, 5) is 34.4. The second-order valence-electron chi connectivity index (χ2n) is 5.77. The van der Waals surface area contributed by atoms with Gasteiger partial charge in [0.2, 0.25) is 5.91 Å². The van der Waals surface area contributed by atoms with Gasteiger partial charge in [0, 0.05) is 6.54 Å². The number of carbonyl (C=O) groups is 3. The van der Waals surface area contributed by atoms with Crippen LogP contribution < -0.4 is 16.0 Å². The van der Waals surface area contributed by atoms with Crippen LogP contribution in [0.2, 0.25) is 0 Å². The number of nitrogens with one attached hydrogen (secondary N) is 3. The maximum atomic E-state index is 11.7. The first-order valence-corrected chi connectivity index (χ1v) is 6.67. The van der Waals surface area contributed by atoms with Crippen molar-refractivity contribution in [3.63, 3.8) is 0 Å². The Labute approximate surface area is 119 Å². The number of rotatable bonds is 6. The Morgan fingerprint density at radius 2 is 1.70 bits per heavy atom. The fraction of sp³-hybridized carbons (Fsp3) is 0.769. The van der Waals surface area contributed by atoms with E-state index >= 15 is 0 Å². The quantitative estimate of drug-likeness (QED) is 0.576. The molecule has 0 aliphatic carbocycles. The minimum atomic E-state index is -1.12. The van der Waals surface area contributed by atoms with Gasteiger partial charge in [0.1, 0.15) is 12.1 Å². The van der Waals surface area contributed by atoms with E-state index in [1.807, 2.05) is 6.92 Å². The number of aliphatic carboxylic acids is 1. The van der Waals surface area contributed by atoms with E-state index in [0.717, 1.165) is 6.42 Å². The zero-order valence-corrected chi connectivity index (χ0v) is 12.7. The molecule has 0 aromatic rings. The van der Waals surface area contributed by atoms with E-state index in [0.29, 0.717) is 6.54 Å². The van der Waals surface area contributed by atoms with Crippen LogP contribution >= 0.6 is 0 Å². The van der Waals surface area contributed by atoms with Crippen LogP contribution in [0.3, 0.4) is 0 Å². The van der Waals surface area contributed by atoms with Crippen LogP contribution in [0, 0.1) is 5.41 Å². The molecule has 0 rings (SSSR count). The molecule has 0 heterocycles. The number of hydrogen-bond donors (Lipinski definition) is 4. The lowest BCUT2D eigenvalue weighted by molar-refractivity contribution is -0.141. The van der Waals surface area contributed by atoms with Crippen LogP contribution in [0.4, 0.5) is 4.79 Å². The summed E-state index contributed by atoms with van der Waals surface area (Å²) in [6, 6.07) is -2.43. The predicted molar refractivity (Wildman–Crippen MR) is 75.3 cm³/mol. The van der Waals surface area contributed by atoms with Gasteiger partial charge in [-0.1, -0.05) is 27.7 Å². The molecule has 0 aliphatic heterocycles. The summed E-state index contributed by atoms with van der Waals surface area (Å²) in [5.41, 5.74) is -0.628. The molecular formula is C13H25N3O4. The third-order valence-corrected chi connectivity index (χ3v) is 2.68. The summed E-state index contributed by atoms with van der Waals surface area (Å²) >= 11 is 0. The number of carbonyl (C=O) groups excluding carboxylic acids is 2. The minimum absolute atomic E-state index is 0.301. The minimum Gasteiger partial charge on any atom is -0.480 e. The van der Waals surface area contributed by atoms with Gasteiger partial charge in [-0.15, -0.1) is 0 Å². The Kier molecular flexibility index (Phi) is 7.02. The molecule has 0 saturated heterocycles. The molecule has 7 heteroatoms. The highest BCUT2D eigenvalue weighted by atomic mass is 16.4. The van der Waals surface area contributed by atoms with Crippen molar-refractivity contribution in [2.24, 2.45) is 5.41 Å². The fourth-order valence-corrected chi connectivity index (χ4v) is 1.48. The van der Waals surface area contributed by atoms with Gasteiger partial charge in [-0.05, 0) is 18.8 Å². The maximum absolute atomic E-state index is 11.7. The molecular weight excluding hydrogens is 262 g/mol. The Morgan fingerprint density at radius 3 is 2.10 bits per heavy atom. The lowest BCUT2D eigenvalue weighted by atomic mass is 9.87. The predicted octanol–water partition coefficient (Wildman–Crippen LogP) is 0.700. The number of amides is 3. The molecule has 20 heavy (non-hydrogen) atoms. The molecule has 0 saturated carbocycles. The molecule has 0 aromatic heterocycles. The molecule has 2 unspecified atom stereocenters. The molecule has 4 N–H and O–H groups in total. The summed E-state index contributed by atoms with van der Waals surface area (Å²) in [7, 11) is 0. The Balaban J connectivity index is 4.47. The van der Waals surface area contributed by atoms with Gasteiger partial charge < -0.3 is 21.1 Å². The summed E-state index contributed by atoms with van der Waals surface area (Å²) in [5, 5.41) is 16.5. The molecule has 0 aromatic carbocycles. The summed E-state index contributed by atoms with van der Waals surface area (Å²) in [5.74, 6) is -1.42. The molecule has 7 nitrogen and oxygen atoms in total. The third kappa shape index (κ3) is 6.40. The SMILES string of the molecule is CCCNC(=O)C(C)NC(=O)NC(C(=O)O)C(C)(C)C. The van der Waals surface area contributed by atoms with Crippen LogP contribution in [0.5, 0.6) is 0 Å². The van der Waals surface area contributed by atoms with Crippen molar-refractivity contribution >= 4 is 17.9 Å². The van der Waals surface area contributed by atoms with E-state index in [-0.39, 0.29) is 5.91 Å². The lowest BCUT2D eigenvalue weighted by Crippen LogP contribution is -2.55. The van der Waals surface area contributed by atoms with Crippen LogP contribution in [0.15, 0.2) is 0 Å². The Morgan fingerprint density at radius 1 is 1.15 bits per heavy atom. The van der Waals surface area contributed by atoms with Crippen LogP contribution in [0.1, 0.15) is 41.0 Å². The van der Waals surface area contributed by atoms with Crippen LogP contribution in [0.25, 0.3) is 0 Å². The number of urea groups is 1. The number of hydrogen-bond acceptors (Lipinski definition) is 3.